The number of carbonyl (C=O) groups excluding carboxylic acids is 1. The first kappa shape index (κ1) is 14.9. The van der Waals surface area contributed by atoms with Crippen molar-refractivity contribution in [3.05, 3.63) is 17.0 Å². The van der Waals surface area contributed by atoms with E-state index in [1.54, 1.807) is 13.8 Å². The summed E-state index contributed by atoms with van der Waals surface area (Å²) in [4.78, 5) is 11.7. The van der Waals surface area contributed by atoms with Gasteiger partial charge in [-0.25, -0.2) is 0 Å². The van der Waals surface area contributed by atoms with Gasteiger partial charge >= 0.3 is 0 Å². The largest absolute Gasteiger partial charge is 0.361 e. The number of halogens is 1. The molecule has 0 bridgehead atoms. The van der Waals surface area contributed by atoms with Gasteiger partial charge in [-0.1, -0.05) is 5.16 Å². The molecular formula is C10H18ClN3O2. The van der Waals surface area contributed by atoms with Gasteiger partial charge in [0.1, 0.15) is 11.3 Å². The molecule has 0 radical (unpaired) electrons. The van der Waals surface area contributed by atoms with Crippen molar-refractivity contribution in [3.8, 4) is 0 Å². The minimum absolute atomic E-state index is 0. The average Bonchev–Trinajstić information content (AvgIpc) is 2.54. The molecule has 16 heavy (non-hydrogen) atoms. The second-order valence-corrected chi connectivity index (χ2v) is 3.60. The summed E-state index contributed by atoms with van der Waals surface area (Å²) in [5.74, 6) is 0.426. The molecule has 0 aromatic carbocycles. The Bertz CT molecular complexity index is 332. The topological polar surface area (TPSA) is 67.2 Å². The number of aromatic nitrogens is 1. The Morgan fingerprint density at radius 3 is 2.56 bits per heavy atom. The molecule has 1 aromatic heterocycles. The van der Waals surface area contributed by atoms with Crippen LogP contribution in [0.1, 0.15) is 28.7 Å². The molecule has 1 aromatic rings. The zero-order valence-corrected chi connectivity index (χ0v) is 10.8. The van der Waals surface area contributed by atoms with E-state index in [0.717, 1.165) is 0 Å². The van der Waals surface area contributed by atoms with Crippen molar-refractivity contribution < 1.29 is 9.32 Å². The van der Waals surface area contributed by atoms with Gasteiger partial charge in [-0.05, 0) is 27.8 Å². The number of likely N-dealkylation sites (N-methyl/N-ethyl adjacent to an activating group) is 1. The Morgan fingerprint density at radius 2 is 2.12 bits per heavy atom. The minimum Gasteiger partial charge on any atom is -0.361 e. The third kappa shape index (κ3) is 3.50. The van der Waals surface area contributed by atoms with E-state index >= 15 is 0 Å². The number of carbonyl (C=O) groups is 1. The predicted molar refractivity (Wildman–Crippen MR) is 64.1 cm³/mol. The number of nitrogens with one attached hydrogen (secondary N) is 2. The maximum Gasteiger partial charge on any atom is 0.256 e. The highest BCUT2D eigenvalue weighted by molar-refractivity contribution is 5.96. The molecule has 0 fully saturated rings. The Kier molecular flexibility index (Phi) is 6.06. The van der Waals surface area contributed by atoms with E-state index in [2.05, 4.69) is 15.8 Å². The molecule has 1 unspecified atom stereocenters. The third-order valence-electron chi connectivity index (χ3n) is 2.32. The van der Waals surface area contributed by atoms with Gasteiger partial charge in [-0.15, -0.1) is 12.4 Å². The molecule has 1 heterocycles. The van der Waals surface area contributed by atoms with Gasteiger partial charge < -0.3 is 15.2 Å². The first-order valence-corrected chi connectivity index (χ1v) is 4.94. The zero-order valence-electron chi connectivity index (χ0n) is 9.96. The number of aryl methyl sites for hydroxylation is 2. The van der Waals surface area contributed by atoms with Crippen LogP contribution in [0.5, 0.6) is 0 Å². The summed E-state index contributed by atoms with van der Waals surface area (Å²) in [6.45, 7) is 6.07. The number of hydrogen-bond acceptors (Lipinski definition) is 4. The van der Waals surface area contributed by atoms with Crippen molar-refractivity contribution in [1.29, 1.82) is 0 Å². The second kappa shape index (κ2) is 6.50. The summed E-state index contributed by atoms with van der Waals surface area (Å²) >= 11 is 0. The van der Waals surface area contributed by atoms with Crippen molar-refractivity contribution in [2.75, 3.05) is 13.6 Å². The highest BCUT2D eigenvalue weighted by atomic mass is 35.5. The summed E-state index contributed by atoms with van der Waals surface area (Å²) in [6.07, 6.45) is 0. The zero-order chi connectivity index (χ0) is 11.4. The highest BCUT2D eigenvalue weighted by Crippen LogP contribution is 2.11. The van der Waals surface area contributed by atoms with Gasteiger partial charge in [-0.3, -0.25) is 4.79 Å². The third-order valence-corrected chi connectivity index (χ3v) is 2.32. The minimum atomic E-state index is -0.131. The second-order valence-electron chi connectivity index (χ2n) is 3.60. The van der Waals surface area contributed by atoms with Crippen LogP contribution in [0.4, 0.5) is 0 Å². The van der Waals surface area contributed by atoms with Crippen molar-refractivity contribution in [3.63, 3.8) is 0 Å². The predicted octanol–water partition coefficient (Wildman–Crippen LogP) is 1.05. The fourth-order valence-electron chi connectivity index (χ4n) is 1.24. The van der Waals surface area contributed by atoms with Crippen molar-refractivity contribution in [1.82, 2.24) is 15.8 Å². The number of amides is 1. The lowest BCUT2D eigenvalue weighted by Crippen LogP contribution is -2.37. The van der Waals surface area contributed by atoms with Crippen LogP contribution in [-0.4, -0.2) is 30.7 Å². The van der Waals surface area contributed by atoms with Crippen molar-refractivity contribution in [2.45, 2.75) is 26.8 Å². The SMILES string of the molecule is CNC(C)CNC(=O)c1c(C)noc1C.Cl. The van der Waals surface area contributed by atoms with E-state index in [1.165, 1.54) is 0 Å². The molecule has 1 atom stereocenters. The van der Waals surface area contributed by atoms with Gasteiger partial charge in [0.15, 0.2) is 0 Å². The molecule has 1 amide bonds. The monoisotopic (exact) mass is 247 g/mol. The highest BCUT2D eigenvalue weighted by Gasteiger charge is 2.17. The van der Waals surface area contributed by atoms with E-state index in [4.69, 9.17) is 4.52 Å². The van der Waals surface area contributed by atoms with E-state index in [-0.39, 0.29) is 24.4 Å². The molecule has 0 spiro atoms. The number of rotatable bonds is 4. The number of hydrogen-bond donors (Lipinski definition) is 2. The lowest BCUT2D eigenvalue weighted by atomic mass is 10.2. The van der Waals surface area contributed by atoms with Crippen molar-refractivity contribution in [2.24, 2.45) is 0 Å². The normalized spacial score (nSPS) is 11.8. The van der Waals surface area contributed by atoms with Crippen LogP contribution in [0.15, 0.2) is 4.52 Å². The lowest BCUT2D eigenvalue weighted by molar-refractivity contribution is 0.0948. The van der Waals surface area contributed by atoms with E-state index < -0.39 is 0 Å². The van der Waals surface area contributed by atoms with Crippen molar-refractivity contribution >= 4 is 18.3 Å². The summed E-state index contributed by atoms with van der Waals surface area (Å²) in [6, 6.07) is 0.245. The fraction of sp³-hybridized carbons (Fsp3) is 0.600. The van der Waals surface area contributed by atoms with Crippen LogP contribution in [0.25, 0.3) is 0 Å². The van der Waals surface area contributed by atoms with Crippen LogP contribution in [0, 0.1) is 13.8 Å². The average molecular weight is 248 g/mol. The standard InChI is InChI=1S/C10H17N3O2.ClH/c1-6(11-4)5-12-10(14)9-7(2)13-15-8(9)3;/h6,11H,5H2,1-4H3,(H,12,14);1H. The van der Waals surface area contributed by atoms with Crippen LogP contribution < -0.4 is 10.6 Å². The fourth-order valence-corrected chi connectivity index (χ4v) is 1.24. The smallest absolute Gasteiger partial charge is 0.256 e. The summed E-state index contributed by atoms with van der Waals surface area (Å²) in [7, 11) is 1.85. The molecule has 0 saturated heterocycles. The molecule has 1 rings (SSSR count). The van der Waals surface area contributed by atoms with E-state index in [9.17, 15) is 4.79 Å². The maximum atomic E-state index is 11.7. The van der Waals surface area contributed by atoms with Gasteiger partial charge in [0.25, 0.3) is 5.91 Å². The van der Waals surface area contributed by atoms with Crippen LogP contribution >= 0.6 is 12.4 Å². The van der Waals surface area contributed by atoms with Gasteiger partial charge in [0.05, 0.1) is 5.69 Å². The summed E-state index contributed by atoms with van der Waals surface area (Å²) in [5.41, 5.74) is 1.17. The molecular weight excluding hydrogens is 230 g/mol. The molecule has 0 aliphatic carbocycles. The van der Waals surface area contributed by atoms with Gasteiger partial charge in [0, 0.05) is 12.6 Å². The van der Waals surface area contributed by atoms with E-state index in [1.807, 2.05) is 14.0 Å². The molecule has 0 aliphatic heterocycles. The molecule has 5 nitrogen and oxygen atoms in total. The molecule has 6 heteroatoms. The van der Waals surface area contributed by atoms with Crippen LogP contribution in [0.2, 0.25) is 0 Å². The molecule has 92 valence electrons. The van der Waals surface area contributed by atoms with Crippen LogP contribution in [0.3, 0.4) is 0 Å². The first-order chi connectivity index (χ1) is 7.06. The summed E-state index contributed by atoms with van der Waals surface area (Å²) in [5, 5.41) is 9.59. The van der Waals surface area contributed by atoms with Crippen LogP contribution in [-0.2, 0) is 0 Å². The quantitative estimate of drug-likeness (QED) is 0.835. The molecule has 0 aliphatic rings. The van der Waals surface area contributed by atoms with E-state index in [0.29, 0.717) is 23.6 Å². The first-order valence-electron chi connectivity index (χ1n) is 4.94. The Labute approximate surface area is 101 Å². The Hall–Kier alpha value is -1.07. The Balaban J connectivity index is 0.00000225. The maximum absolute atomic E-state index is 11.7. The van der Waals surface area contributed by atoms with Gasteiger partial charge in [0.2, 0.25) is 0 Å². The number of nitrogens with zero attached hydrogens (tertiary/aromatic N) is 1. The lowest BCUT2D eigenvalue weighted by Gasteiger charge is -2.10. The summed E-state index contributed by atoms with van der Waals surface area (Å²) < 4.78 is 4.92. The Morgan fingerprint density at radius 1 is 1.50 bits per heavy atom. The molecule has 2 N–H and O–H groups in total. The van der Waals surface area contributed by atoms with Gasteiger partial charge in [-0.2, -0.15) is 0 Å². The molecule has 0 saturated carbocycles.